The molecule has 1 amide bonds. The molecule has 0 fully saturated rings. The summed E-state index contributed by atoms with van der Waals surface area (Å²) in [6.45, 7) is 3.12. The van der Waals surface area contributed by atoms with Crippen molar-refractivity contribution in [3.8, 4) is 0 Å². The van der Waals surface area contributed by atoms with Crippen molar-refractivity contribution in [1.29, 1.82) is 0 Å². The number of para-hydroxylation sites is 1. The fourth-order valence-corrected chi connectivity index (χ4v) is 2.10. The van der Waals surface area contributed by atoms with Gasteiger partial charge in [0.25, 0.3) is 5.91 Å². The largest absolute Gasteiger partial charge is 0.330 e. The summed E-state index contributed by atoms with van der Waals surface area (Å²) >= 11 is 0. The number of nitrogens with zero attached hydrogens (tertiary/aromatic N) is 2. The number of rotatable bonds is 5. The van der Waals surface area contributed by atoms with E-state index in [2.05, 4.69) is 4.98 Å². The molecule has 0 atom stereocenters. The molecule has 0 unspecified atom stereocenters. The number of carbonyl (C=O) groups is 1. The standard InChI is InChI=1S/C16H19N3O/c1-2-19(15-6-4-3-5-7-15)16(20)13-9-11-18-14(12-13)8-10-17/h3-7,9,11-12H,2,8,10,17H2,1H3. The normalized spacial score (nSPS) is 10.3. The van der Waals surface area contributed by atoms with E-state index < -0.39 is 0 Å². The predicted molar refractivity (Wildman–Crippen MR) is 80.8 cm³/mol. The number of amides is 1. The molecule has 1 aromatic heterocycles. The van der Waals surface area contributed by atoms with Crippen LogP contribution in [0.3, 0.4) is 0 Å². The first-order chi connectivity index (χ1) is 9.76. The number of nitrogens with two attached hydrogens (primary N) is 1. The van der Waals surface area contributed by atoms with Gasteiger partial charge in [-0.1, -0.05) is 18.2 Å². The van der Waals surface area contributed by atoms with E-state index in [4.69, 9.17) is 5.73 Å². The summed E-state index contributed by atoms with van der Waals surface area (Å²) < 4.78 is 0. The van der Waals surface area contributed by atoms with E-state index in [9.17, 15) is 4.79 Å². The lowest BCUT2D eigenvalue weighted by Crippen LogP contribution is -2.30. The van der Waals surface area contributed by atoms with Crippen molar-refractivity contribution in [2.75, 3.05) is 18.0 Å². The first-order valence-electron chi connectivity index (χ1n) is 6.78. The van der Waals surface area contributed by atoms with Gasteiger partial charge in [-0.3, -0.25) is 9.78 Å². The van der Waals surface area contributed by atoms with Crippen LogP contribution < -0.4 is 10.6 Å². The Bertz CT molecular complexity index is 569. The highest BCUT2D eigenvalue weighted by atomic mass is 16.2. The number of pyridine rings is 1. The van der Waals surface area contributed by atoms with Crippen molar-refractivity contribution in [2.24, 2.45) is 5.73 Å². The highest BCUT2D eigenvalue weighted by Gasteiger charge is 2.16. The number of anilines is 1. The monoisotopic (exact) mass is 269 g/mol. The van der Waals surface area contributed by atoms with Gasteiger partial charge >= 0.3 is 0 Å². The van der Waals surface area contributed by atoms with Gasteiger partial charge in [0.05, 0.1) is 0 Å². The van der Waals surface area contributed by atoms with Crippen LogP contribution in [0.15, 0.2) is 48.7 Å². The third kappa shape index (κ3) is 3.22. The summed E-state index contributed by atoms with van der Waals surface area (Å²) in [7, 11) is 0. The van der Waals surface area contributed by atoms with Crippen LogP contribution in [0.1, 0.15) is 23.0 Å². The van der Waals surface area contributed by atoms with Crippen molar-refractivity contribution in [3.05, 3.63) is 59.9 Å². The molecular formula is C16H19N3O. The van der Waals surface area contributed by atoms with Gasteiger partial charge in [0, 0.05) is 36.1 Å². The minimum atomic E-state index is -0.0145. The Morgan fingerprint density at radius 2 is 2.00 bits per heavy atom. The fourth-order valence-electron chi connectivity index (χ4n) is 2.10. The molecule has 2 aromatic rings. The second-order valence-corrected chi connectivity index (χ2v) is 4.46. The van der Waals surface area contributed by atoms with Gasteiger partial charge in [0.1, 0.15) is 0 Å². The minimum absolute atomic E-state index is 0.0145. The van der Waals surface area contributed by atoms with E-state index in [1.165, 1.54) is 0 Å². The highest BCUT2D eigenvalue weighted by molar-refractivity contribution is 6.06. The fraction of sp³-hybridized carbons (Fsp3) is 0.250. The number of hydrogen-bond donors (Lipinski definition) is 1. The zero-order valence-electron chi connectivity index (χ0n) is 11.6. The molecule has 4 nitrogen and oxygen atoms in total. The Morgan fingerprint density at radius 3 is 2.65 bits per heavy atom. The Hall–Kier alpha value is -2.20. The van der Waals surface area contributed by atoms with E-state index in [-0.39, 0.29) is 5.91 Å². The number of carbonyl (C=O) groups excluding carboxylic acids is 1. The average Bonchev–Trinajstić information content (AvgIpc) is 2.50. The van der Waals surface area contributed by atoms with E-state index in [1.54, 1.807) is 17.2 Å². The summed E-state index contributed by atoms with van der Waals surface area (Å²) in [6.07, 6.45) is 2.34. The van der Waals surface area contributed by atoms with Gasteiger partial charge < -0.3 is 10.6 Å². The zero-order valence-corrected chi connectivity index (χ0v) is 11.6. The summed E-state index contributed by atoms with van der Waals surface area (Å²) in [4.78, 5) is 18.6. The maximum absolute atomic E-state index is 12.6. The molecule has 104 valence electrons. The van der Waals surface area contributed by atoms with Crippen molar-refractivity contribution in [3.63, 3.8) is 0 Å². The molecule has 0 spiro atoms. The number of aromatic nitrogens is 1. The van der Waals surface area contributed by atoms with Crippen molar-refractivity contribution in [1.82, 2.24) is 4.98 Å². The van der Waals surface area contributed by atoms with E-state index in [0.29, 0.717) is 25.1 Å². The molecule has 0 saturated heterocycles. The van der Waals surface area contributed by atoms with Crippen molar-refractivity contribution >= 4 is 11.6 Å². The second kappa shape index (κ2) is 6.82. The molecule has 1 aromatic carbocycles. The quantitative estimate of drug-likeness (QED) is 0.905. The second-order valence-electron chi connectivity index (χ2n) is 4.46. The lowest BCUT2D eigenvalue weighted by molar-refractivity contribution is 0.0988. The van der Waals surface area contributed by atoms with E-state index in [1.807, 2.05) is 43.3 Å². The molecule has 4 heteroatoms. The first-order valence-corrected chi connectivity index (χ1v) is 6.78. The van der Waals surface area contributed by atoms with Gasteiger partial charge in [-0.25, -0.2) is 0 Å². The van der Waals surface area contributed by atoms with E-state index in [0.717, 1.165) is 11.4 Å². The summed E-state index contributed by atoms with van der Waals surface area (Å²) in [6, 6.07) is 13.2. The van der Waals surface area contributed by atoms with Crippen LogP contribution in [0.2, 0.25) is 0 Å². The molecule has 0 saturated carbocycles. The van der Waals surface area contributed by atoms with Crippen molar-refractivity contribution in [2.45, 2.75) is 13.3 Å². The molecule has 0 radical (unpaired) electrons. The molecule has 20 heavy (non-hydrogen) atoms. The van der Waals surface area contributed by atoms with Crippen LogP contribution in [0, 0.1) is 0 Å². The van der Waals surface area contributed by atoms with Gasteiger partial charge in [-0.05, 0) is 37.7 Å². The smallest absolute Gasteiger partial charge is 0.258 e. The minimum Gasteiger partial charge on any atom is -0.330 e. The molecule has 0 bridgehead atoms. The number of benzene rings is 1. The van der Waals surface area contributed by atoms with Gasteiger partial charge in [-0.15, -0.1) is 0 Å². The first kappa shape index (κ1) is 14.2. The molecule has 0 aliphatic rings. The van der Waals surface area contributed by atoms with Crippen LogP contribution in [0.25, 0.3) is 0 Å². The predicted octanol–water partition coefficient (Wildman–Crippen LogP) is 2.25. The van der Waals surface area contributed by atoms with Crippen molar-refractivity contribution < 1.29 is 4.79 Å². The Balaban J connectivity index is 2.27. The summed E-state index contributed by atoms with van der Waals surface area (Å²) in [5, 5.41) is 0. The van der Waals surface area contributed by atoms with Crippen LogP contribution >= 0.6 is 0 Å². The molecule has 0 aliphatic heterocycles. The van der Waals surface area contributed by atoms with Crippen LogP contribution in [-0.4, -0.2) is 24.0 Å². The molecular weight excluding hydrogens is 250 g/mol. The Labute approximate surface area is 119 Å². The maximum Gasteiger partial charge on any atom is 0.258 e. The molecule has 1 heterocycles. The lowest BCUT2D eigenvalue weighted by Gasteiger charge is -2.21. The SMILES string of the molecule is CCN(C(=O)c1ccnc(CCN)c1)c1ccccc1. The maximum atomic E-state index is 12.6. The van der Waals surface area contributed by atoms with Gasteiger partial charge in [0.2, 0.25) is 0 Å². The van der Waals surface area contributed by atoms with Gasteiger partial charge in [0.15, 0.2) is 0 Å². The summed E-state index contributed by atoms with van der Waals surface area (Å²) in [5.74, 6) is -0.0145. The third-order valence-electron chi connectivity index (χ3n) is 3.09. The third-order valence-corrected chi connectivity index (χ3v) is 3.09. The average molecular weight is 269 g/mol. The van der Waals surface area contributed by atoms with Crippen LogP contribution in [0.4, 0.5) is 5.69 Å². The Morgan fingerprint density at radius 1 is 1.25 bits per heavy atom. The molecule has 2 N–H and O–H groups in total. The van der Waals surface area contributed by atoms with Crippen LogP contribution in [-0.2, 0) is 6.42 Å². The Kier molecular flexibility index (Phi) is 4.85. The molecule has 2 rings (SSSR count). The van der Waals surface area contributed by atoms with E-state index >= 15 is 0 Å². The number of hydrogen-bond acceptors (Lipinski definition) is 3. The summed E-state index contributed by atoms with van der Waals surface area (Å²) in [5.41, 5.74) is 7.93. The highest BCUT2D eigenvalue weighted by Crippen LogP contribution is 2.16. The van der Waals surface area contributed by atoms with Gasteiger partial charge in [-0.2, -0.15) is 0 Å². The topological polar surface area (TPSA) is 59.2 Å². The lowest BCUT2D eigenvalue weighted by atomic mass is 10.1. The molecule has 0 aliphatic carbocycles. The van der Waals surface area contributed by atoms with Crippen LogP contribution in [0.5, 0.6) is 0 Å². The zero-order chi connectivity index (χ0) is 14.4.